The first kappa shape index (κ1) is 15.3. The van der Waals surface area contributed by atoms with Gasteiger partial charge in [-0.3, -0.25) is 4.79 Å². The Hall–Kier alpha value is -0.710. The zero-order chi connectivity index (χ0) is 12.9. The zero-order valence-corrected chi connectivity index (χ0v) is 11.2. The van der Waals surface area contributed by atoms with Crippen molar-refractivity contribution in [3.05, 3.63) is 0 Å². The third-order valence-corrected chi connectivity index (χ3v) is 2.09. The van der Waals surface area contributed by atoms with Crippen LogP contribution in [0.1, 0.15) is 40.5 Å². The molecule has 1 atom stereocenters. The summed E-state index contributed by atoms with van der Waals surface area (Å²) in [5.74, 6) is -1.03. The maximum absolute atomic E-state index is 11.5. The number of nitrogens with one attached hydrogen (secondary N) is 1. The summed E-state index contributed by atoms with van der Waals surface area (Å²) < 4.78 is -0.426. The minimum atomic E-state index is -0.987. The van der Waals surface area contributed by atoms with Gasteiger partial charge in [-0.1, -0.05) is 27.7 Å². The fourth-order valence-electron chi connectivity index (χ4n) is 1.33. The van der Waals surface area contributed by atoms with E-state index in [1.807, 2.05) is 27.7 Å². The molecule has 0 rings (SSSR count). The molecule has 0 heterocycles. The molecule has 0 aromatic rings. The molecule has 0 bridgehead atoms. The lowest BCUT2D eigenvalue weighted by molar-refractivity contribution is -0.142. The summed E-state index contributed by atoms with van der Waals surface area (Å²) in [5, 5.41) is 11.5. The number of thiol groups is 1. The van der Waals surface area contributed by atoms with E-state index in [-0.39, 0.29) is 18.2 Å². The van der Waals surface area contributed by atoms with Crippen molar-refractivity contribution in [1.82, 2.24) is 5.32 Å². The first-order valence-electron chi connectivity index (χ1n) is 5.36. The number of aliphatic carboxylic acids is 1. The van der Waals surface area contributed by atoms with Crippen LogP contribution < -0.4 is 5.32 Å². The van der Waals surface area contributed by atoms with E-state index in [1.54, 1.807) is 0 Å². The fourth-order valence-corrected chi connectivity index (χ4v) is 1.47. The van der Waals surface area contributed by atoms with Crippen molar-refractivity contribution in [2.75, 3.05) is 0 Å². The van der Waals surface area contributed by atoms with E-state index >= 15 is 0 Å². The molecule has 0 aliphatic rings. The van der Waals surface area contributed by atoms with Crippen LogP contribution in [0.4, 0.5) is 0 Å². The average Bonchev–Trinajstić information content (AvgIpc) is 1.97. The van der Waals surface area contributed by atoms with Gasteiger partial charge < -0.3 is 10.4 Å². The second-order valence-electron chi connectivity index (χ2n) is 5.08. The molecule has 16 heavy (non-hydrogen) atoms. The van der Waals surface area contributed by atoms with Crippen LogP contribution in [0.2, 0.25) is 0 Å². The maximum atomic E-state index is 11.5. The van der Waals surface area contributed by atoms with E-state index in [0.717, 1.165) is 0 Å². The lowest BCUT2D eigenvalue weighted by Gasteiger charge is -2.20. The normalized spacial score (nSPS) is 13.6. The van der Waals surface area contributed by atoms with Crippen molar-refractivity contribution >= 4 is 24.5 Å². The van der Waals surface area contributed by atoms with Crippen LogP contribution in [0.5, 0.6) is 0 Å². The number of carboxylic acids is 1. The van der Waals surface area contributed by atoms with Gasteiger partial charge in [-0.2, -0.15) is 12.6 Å². The van der Waals surface area contributed by atoms with E-state index in [4.69, 9.17) is 5.11 Å². The Morgan fingerprint density at radius 1 is 1.38 bits per heavy atom. The van der Waals surface area contributed by atoms with Crippen molar-refractivity contribution < 1.29 is 14.7 Å². The molecule has 0 saturated carbocycles. The van der Waals surface area contributed by atoms with Gasteiger partial charge in [-0.05, 0) is 12.3 Å². The molecule has 4 nitrogen and oxygen atoms in total. The number of carbonyl (C=O) groups is 2. The minimum absolute atomic E-state index is 0.206. The third kappa shape index (κ3) is 7.56. The monoisotopic (exact) mass is 247 g/mol. The van der Waals surface area contributed by atoms with Gasteiger partial charge in [0.2, 0.25) is 5.91 Å². The second kappa shape index (κ2) is 6.13. The van der Waals surface area contributed by atoms with E-state index in [2.05, 4.69) is 17.9 Å². The SMILES string of the molecule is CC(C)CC(NC(=O)CC(C)(C)S)C(=O)O. The molecule has 0 aromatic heterocycles. The van der Waals surface area contributed by atoms with Gasteiger partial charge in [0.25, 0.3) is 0 Å². The van der Waals surface area contributed by atoms with Gasteiger partial charge >= 0.3 is 5.97 Å². The standard InChI is InChI=1S/C11H21NO3S/c1-7(2)5-8(10(14)15)12-9(13)6-11(3,4)16/h7-8,16H,5-6H2,1-4H3,(H,12,13)(H,14,15). The second-order valence-corrected chi connectivity index (χ2v) is 6.29. The van der Waals surface area contributed by atoms with E-state index < -0.39 is 16.8 Å². The van der Waals surface area contributed by atoms with Gasteiger partial charge in [0.1, 0.15) is 6.04 Å². The van der Waals surface area contributed by atoms with Gasteiger partial charge in [0.05, 0.1) is 0 Å². The first-order chi connectivity index (χ1) is 7.11. The number of hydrogen-bond donors (Lipinski definition) is 3. The highest BCUT2D eigenvalue weighted by atomic mass is 32.1. The molecule has 0 saturated heterocycles. The number of carbonyl (C=O) groups excluding carboxylic acids is 1. The van der Waals surface area contributed by atoms with Crippen molar-refractivity contribution in [3.8, 4) is 0 Å². The highest BCUT2D eigenvalue weighted by molar-refractivity contribution is 7.81. The topological polar surface area (TPSA) is 66.4 Å². The van der Waals surface area contributed by atoms with Crippen LogP contribution in [0.15, 0.2) is 0 Å². The van der Waals surface area contributed by atoms with Crippen LogP contribution in [0, 0.1) is 5.92 Å². The van der Waals surface area contributed by atoms with Crippen LogP contribution in [0.3, 0.4) is 0 Å². The molecule has 0 aliphatic carbocycles. The Labute approximate surface area is 102 Å². The highest BCUT2D eigenvalue weighted by Gasteiger charge is 2.24. The summed E-state index contributed by atoms with van der Waals surface area (Å²) in [7, 11) is 0. The average molecular weight is 247 g/mol. The summed E-state index contributed by atoms with van der Waals surface area (Å²) in [5.41, 5.74) is 0. The Morgan fingerprint density at radius 3 is 2.19 bits per heavy atom. The number of amides is 1. The largest absolute Gasteiger partial charge is 0.480 e. The summed E-state index contributed by atoms with van der Waals surface area (Å²) >= 11 is 4.23. The molecule has 5 heteroatoms. The Balaban J connectivity index is 4.30. The molecule has 1 unspecified atom stereocenters. The zero-order valence-electron chi connectivity index (χ0n) is 10.3. The molecule has 0 radical (unpaired) electrons. The summed E-state index contributed by atoms with van der Waals surface area (Å²) in [4.78, 5) is 22.4. The maximum Gasteiger partial charge on any atom is 0.326 e. The Kier molecular flexibility index (Phi) is 5.86. The predicted molar refractivity (Wildman–Crippen MR) is 66.7 cm³/mol. The first-order valence-corrected chi connectivity index (χ1v) is 5.81. The van der Waals surface area contributed by atoms with E-state index in [0.29, 0.717) is 6.42 Å². The lowest BCUT2D eigenvalue weighted by atomic mass is 10.0. The molecule has 2 N–H and O–H groups in total. The van der Waals surface area contributed by atoms with Crippen LogP contribution >= 0.6 is 12.6 Å². The highest BCUT2D eigenvalue weighted by Crippen LogP contribution is 2.16. The molecular weight excluding hydrogens is 226 g/mol. The van der Waals surface area contributed by atoms with Gasteiger partial charge in [0.15, 0.2) is 0 Å². The third-order valence-electron chi connectivity index (χ3n) is 1.93. The molecule has 94 valence electrons. The van der Waals surface area contributed by atoms with E-state index in [9.17, 15) is 9.59 Å². The molecule has 0 aromatic carbocycles. The minimum Gasteiger partial charge on any atom is -0.480 e. The number of hydrogen-bond acceptors (Lipinski definition) is 3. The Morgan fingerprint density at radius 2 is 1.88 bits per heavy atom. The predicted octanol–water partition coefficient (Wildman–Crippen LogP) is 1.70. The van der Waals surface area contributed by atoms with Crippen LogP contribution in [-0.4, -0.2) is 27.8 Å². The Bertz CT molecular complexity index is 258. The van der Waals surface area contributed by atoms with Gasteiger partial charge in [-0.25, -0.2) is 4.79 Å². The summed E-state index contributed by atoms with van der Waals surface area (Å²) in [6, 6.07) is -0.803. The number of carboxylic acid groups (broad SMARTS) is 1. The summed E-state index contributed by atoms with van der Waals surface area (Å²) in [6.07, 6.45) is 0.645. The van der Waals surface area contributed by atoms with Crippen molar-refractivity contribution in [2.45, 2.75) is 51.3 Å². The number of rotatable bonds is 6. The molecule has 0 aliphatic heterocycles. The molecule has 0 spiro atoms. The lowest BCUT2D eigenvalue weighted by Crippen LogP contribution is -2.43. The van der Waals surface area contributed by atoms with Gasteiger partial charge in [0, 0.05) is 11.2 Å². The van der Waals surface area contributed by atoms with Crippen LogP contribution in [0.25, 0.3) is 0 Å². The van der Waals surface area contributed by atoms with Crippen molar-refractivity contribution in [3.63, 3.8) is 0 Å². The summed E-state index contributed by atoms with van der Waals surface area (Å²) in [6.45, 7) is 7.47. The molecule has 0 fully saturated rings. The fraction of sp³-hybridized carbons (Fsp3) is 0.818. The molecule has 1 amide bonds. The van der Waals surface area contributed by atoms with E-state index in [1.165, 1.54) is 0 Å². The van der Waals surface area contributed by atoms with Gasteiger partial charge in [-0.15, -0.1) is 0 Å². The van der Waals surface area contributed by atoms with Crippen molar-refractivity contribution in [2.24, 2.45) is 5.92 Å². The molecular formula is C11H21NO3S. The quantitative estimate of drug-likeness (QED) is 0.626. The smallest absolute Gasteiger partial charge is 0.326 e. The van der Waals surface area contributed by atoms with Crippen molar-refractivity contribution in [1.29, 1.82) is 0 Å². The van der Waals surface area contributed by atoms with Crippen LogP contribution in [-0.2, 0) is 9.59 Å².